The highest BCUT2D eigenvalue weighted by atomic mass is 35.5. The molecule has 6 nitrogen and oxygen atoms in total. The lowest BCUT2D eigenvalue weighted by Gasteiger charge is -2.10. The molecule has 1 saturated heterocycles. The van der Waals surface area contributed by atoms with E-state index >= 15 is 0 Å². The molecule has 0 radical (unpaired) electrons. The maximum absolute atomic E-state index is 12.2. The lowest BCUT2D eigenvalue weighted by Crippen LogP contribution is -2.24. The van der Waals surface area contributed by atoms with E-state index in [9.17, 15) is 9.32 Å². The Morgan fingerprint density at radius 1 is 1.18 bits per heavy atom. The van der Waals surface area contributed by atoms with Crippen molar-refractivity contribution < 1.29 is 14.3 Å². The van der Waals surface area contributed by atoms with Gasteiger partial charge >= 0.3 is 0 Å². The smallest absolute Gasteiger partial charge is 0.219 e. The van der Waals surface area contributed by atoms with Crippen LogP contribution in [0.4, 0.5) is 16.0 Å². The molecule has 0 saturated carbocycles. The molecule has 0 atom stereocenters. The van der Waals surface area contributed by atoms with Crippen LogP contribution >= 0.6 is 11.6 Å². The third kappa shape index (κ3) is 5.07. The van der Waals surface area contributed by atoms with E-state index in [1.54, 1.807) is 49.6 Å². The number of hydrogen-bond acceptors (Lipinski definition) is 5. The van der Waals surface area contributed by atoms with Crippen molar-refractivity contribution in [1.82, 2.24) is 14.9 Å². The Hall–Kier alpha value is -2.93. The Bertz CT molecular complexity index is 947. The molecule has 0 unspecified atom stereocenters. The first-order valence-electron chi connectivity index (χ1n) is 8.88. The van der Waals surface area contributed by atoms with Crippen molar-refractivity contribution >= 4 is 39.8 Å². The van der Waals surface area contributed by atoms with Crippen LogP contribution in [0.2, 0.25) is 5.15 Å². The van der Waals surface area contributed by atoms with E-state index in [1.807, 2.05) is 4.90 Å². The molecule has 0 bridgehead atoms. The van der Waals surface area contributed by atoms with Crippen molar-refractivity contribution in [2.24, 2.45) is 0 Å². The summed E-state index contributed by atoms with van der Waals surface area (Å²) in [6, 6.07) is 10.1. The summed E-state index contributed by atoms with van der Waals surface area (Å²) in [5.74, 6) is 1.03. The largest absolute Gasteiger partial charge is 0.343 e. The van der Waals surface area contributed by atoms with Gasteiger partial charge < -0.3 is 10.2 Å². The first-order chi connectivity index (χ1) is 13.6. The van der Waals surface area contributed by atoms with E-state index in [1.165, 1.54) is 18.9 Å². The van der Waals surface area contributed by atoms with Gasteiger partial charge in [0.2, 0.25) is 5.91 Å². The van der Waals surface area contributed by atoms with Crippen LogP contribution in [0.25, 0.3) is 10.8 Å². The average Bonchev–Trinajstić information content (AvgIpc) is 3.25. The van der Waals surface area contributed by atoms with Gasteiger partial charge in [-0.2, -0.15) is 0 Å². The molecule has 1 aliphatic heterocycles. The minimum absolute atomic E-state index is 0.155. The second-order valence-corrected chi connectivity index (χ2v) is 6.71. The zero-order chi connectivity index (χ0) is 19.9. The van der Waals surface area contributed by atoms with Crippen molar-refractivity contribution in [2.45, 2.75) is 19.8 Å². The molecule has 1 aromatic carbocycles. The fraction of sp³-hybridized carbons (Fsp3) is 0.250. The maximum atomic E-state index is 12.2. The number of fused-ring (bicyclic) bond motifs is 1. The van der Waals surface area contributed by atoms with Gasteiger partial charge in [-0.3, -0.25) is 9.74 Å². The molecule has 1 aliphatic rings. The number of carbonyl (C=O) groups excluding carboxylic acids is 1. The van der Waals surface area contributed by atoms with Crippen LogP contribution < -0.4 is 10.3 Å². The molecule has 0 aliphatic carbocycles. The summed E-state index contributed by atoms with van der Waals surface area (Å²) in [4.78, 5) is 24.5. The molecule has 1 fully saturated rings. The SMILES string of the molecule is CC(=O)N1CCCC1.FOc1ccc2c(Nc3ccc(Cl)nc3)nccc2c1. The summed E-state index contributed by atoms with van der Waals surface area (Å²) in [6.07, 6.45) is 5.64. The van der Waals surface area contributed by atoms with Crippen molar-refractivity contribution in [2.75, 3.05) is 18.4 Å². The molecule has 1 N–H and O–H groups in total. The summed E-state index contributed by atoms with van der Waals surface area (Å²) in [6.45, 7) is 3.59. The van der Waals surface area contributed by atoms with Gasteiger partial charge in [0.1, 0.15) is 11.0 Å². The fourth-order valence-electron chi connectivity index (χ4n) is 2.92. The highest BCUT2D eigenvalue weighted by Crippen LogP contribution is 2.27. The first kappa shape index (κ1) is 19.8. The number of carbonyl (C=O) groups is 1. The first-order valence-corrected chi connectivity index (χ1v) is 9.26. The zero-order valence-corrected chi connectivity index (χ0v) is 16.1. The van der Waals surface area contributed by atoms with Crippen molar-refractivity contribution in [3.8, 4) is 5.75 Å². The maximum Gasteiger partial charge on any atom is 0.219 e. The Morgan fingerprint density at radius 3 is 2.57 bits per heavy atom. The van der Waals surface area contributed by atoms with E-state index in [4.69, 9.17) is 11.6 Å². The van der Waals surface area contributed by atoms with Gasteiger partial charge in [-0.25, -0.2) is 9.97 Å². The molecule has 3 heterocycles. The molecular formula is C20H20ClFN4O2. The molecule has 3 aromatic rings. The predicted octanol–water partition coefficient (Wildman–Crippen LogP) is 4.92. The summed E-state index contributed by atoms with van der Waals surface area (Å²) in [5, 5.41) is 5.24. The standard InChI is InChI=1S/C14H9ClFN3O.C6H11NO/c15-13-4-1-10(8-18-13)19-14-12-3-2-11(20-16)7-9(12)5-6-17-14;1-6(8)7-4-2-3-5-7/h1-8H,(H,17,19);2-5H2,1H3. The number of benzene rings is 1. The highest BCUT2D eigenvalue weighted by molar-refractivity contribution is 6.29. The van der Waals surface area contributed by atoms with Crippen LogP contribution in [-0.2, 0) is 4.79 Å². The Morgan fingerprint density at radius 2 is 1.96 bits per heavy atom. The fourth-order valence-corrected chi connectivity index (χ4v) is 3.03. The van der Waals surface area contributed by atoms with Crippen LogP contribution in [-0.4, -0.2) is 33.9 Å². The average molecular weight is 403 g/mol. The number of nitrogens with zero attached hydrogens (tertiary/aromatic N) is 3. The molecule has 28 heavy (non-hydrogen) atoms. The van der Waals surface area contributed by atoms with Crippen molar-refractivity contribution in [3.63, 3.8) is 0 Å². The number of rotatable bonds is 3. The Kier molecular flexibility index (Phi) is 6.60. The van der Waals surface area contributed by atoms with Gasteiger partial charge in [0.15, 0.2) is 5.75 Å². The number of aromatic nitrogens is 2. The number of likely N-dealkylation sites (tertiary alicyclic amines) is 1. The third-order valence-corrected chi connectivity index (χ3v) is 4.59. The number of hydrogen-bond donors (Lipinski definition) is 1. The van der Waals surface area contributed by atoms with Crippen LogP contribution in [0.1, 0.15) is 19.8 Å². The predicted molar refractivity (Wildman–Crippen MR) is 107 cm³/mol. The van der Waals surface area contributed by atoms with Crippen LogP contribution in [0.3, 0.4) is 0 Å². The van der Waals surface area contributed by atoms with Crippen LogP contribution in [0.5, 0.6) is 5.75 Å². The van der Waals surface area contributed by atoms with E-state index in [-0.39, 0.29) is 11.7 Å². The van der Waals surface area contributed by atoms with Crippen molar-refractivity contribution in [3.05, 3.63) is 53.9 Å². The topological polar surface area (TPSA) is 67.3 Å². The monoisotopic (exact) mass is 402 g/mol. The Balaban J connectivity index is 0.000000236. The number of amides is 1. The van der Waals surface area contributed by atoms with Gasteiger partial charge in [-0.1, -0.05) is 11.6 Å². The van der Waals surface area contributed by atoms with Gasteiger partial charge in [0, 0.05) is 36.1 Å². The van der Waals surface area contributed by atoms with E-state index in [0.717, 1.165) is 29.5 Å². The molecule has 1 amide bonds. The molecule has 0 spiro atoms. The number of anilines is 2. The van der Waals surface area contributed by atoms with Gasteiger partial charge in [-0.05, 0) is 54.6 Å². The van der Waals surface area contributed by atoms with Gasteiger partial charge in [-0.15, -0.1) is 0 Å². The summed E-state index contributed by atoms with van der Waals surface area (Å²) < 4.78 is 12.2. The summed E-state index contributed by atoms with van der Waals surface area (Å²) in [5.41, 5.74) is 0.764. The summed E-state index contributed by atoms with van der Waals surface area (Å²) in [7, 11) is 0. The van der Waals surface area contributed by atoms with Crippen LogP contribution in [0.15, 0.2) is 48.8 Å². The summed E-state index contributed by atoms with van der Waals surface area (Å²) >= 11 is 5.74. The quantitative estimate of drug-likeness (QED) is 0.630. The second kappa shape index (κ2) is 9.32. The molecule has 4 rings (SSSR count). The second-order valence-electron chi connectivity index (χ2n) is 6.33. The molecule has 8 heteroatoms. The minimum Gasteiger partial charge on any atom is -0.343 e. The molecular weight excluding hydrogens is 383 g/mol. The zero-order valence-electron chi connectivity index (χ0n) is 15.4. The van der Waals surface area contributed by atoms with E-state index in [2.05, 4.69) is 20.2 Å². The van der Waals surface area contributed by atoms with E-state index in [0.29, 0.717) is 11.0 Å². The Labute approximate surface area is 167 Å². The number of halogens is 2. The number of nitrogens with one attached hydrogen (secondary N) is 1. The lowest BCUT2D eigenvalue weighted by atomic mass is 10.1. The van der Waals surface area contributed by atoms with Gasteiger partial charge in [0.05, 0.1) is 11.9 Å². The number of pyridine rings is 2. The van der Waals surface area contributed by atoms with Crippen molar-refractivity contribution in [1.29, 1.82) is 0 Å². The van der Waals surface area contributed by atoms with E-state index < -0.39 is 0 Å². The molecule has 2 aromatic heterocycles. The minimum atomic E-state index is 0.155. The van der Waals surface area contributed by atoms with Crippen LogP contribution in [0, 0.1) is 0 Å². The van der Waals surface area contributed by atoms with Gasteiger partial charge in [0.25, 0.3) is 0 Å². The normalized spacial score (nSPS) is 13.0. The highest BCUT2D eigenvalue weighted by Gasteiger charge is 2.12. The lowest BCUT2D eigenvalue weighted by molar-refractivity contribution is -0.127. The molecule has 146 valence electrons. The third-order valence-electron chi connectivity index (χ3n) is 4.37.